The van der Waals surface area contributed by atoms with Crippen LogP contribution in [0.2, 0.25) is 0 Å². The summed E-state index contributed by atoms with van der Waals surface area (Å²) in [4.78, 5) is 26.5. The van der Waals surface area contributed by atoms with Crippen LogP contribution in [0, 0.1) is 19.8 Å². The zero-order chi connectivity index (χ0) is 17.8. The SMILES string of the molecule is Cc1cc(C)cc(C(=O)NCC2CCN(C(=O)c3ccoc3)CC2)c1. The molecular formula is C20H24N2O3. The molecule has 1 aromatic carbocycles. The molecule has 1 aliphatic heterocycles. The maximum Gasteiger partial charge on any atom is 0.257 e. The van der Waals surface area contributed by atoms with Crippen LogP contribution in [0.15, 0.2) is 41.2 Å². The number of hydrogen-bond donors (Lipinski definition) is 1. The molecule has 132 valence electrons. The number of rotatable bonds is 4. The average molecular weight is 340 g/mol. The lowest BCUT2D eigenvalue weighted by Crippen LogP contribution is -2.41. The van der Waals surface area contributed by atoms with Crippen LogP contribution < -0.4 is 5.32 Å². The van der Waals surface area contributed by atoms with Gasteiger partial charge in [0.1, 0.15) is 6.26 Å². The second kappa shape index (κ2) is 7.55. The first kappa shape index (κ1) is 17.3. The number of likely N-dealkylation sites (tertiary alicyclic amines) is 1. The molecule has 25 heavy (non-hydrogen) atoms. The normalized spacial score (nSPS) is 15.2. The van der Waals surface area contributed by atoms with Gasteiger partial charge in [0, 0.05) is 25.2 Å². The van der Waals surface area contributed by atoms with Crippen molar-refractivity contribution in [2.45, 2.75) is 26.7 Å². The quantitative estimate of drug-likeness (QED) is 0.930. The largest absolute Gasteiger partial charge is 0.472 e. The molecule has 5 heteroatoms. The Hall–Kier alpha value is -2.56. The van der Waals surface area contributed by atoms with Gasteiger partial charge in [-0.2, -0.15) is 0 Å². The Bertz CT molecular complexity index is 724. The van der Waals surface area contributed by atoms with Gasteiger partial charge in [-0.3, -0.25) is 9.59 Å². The minimum Gasteiger partial charge on any atom is -0.472 e. The predicted octanol–water partition coefficient (Wildman–Crippen LogP) is 3.18. The number of carbonyl (C=O) groups excluding carboxylic acids is 2. The molecule has 0 saturated carbocycles. The first-order chi connectivity index (χ1) is 12.0. The van der Waals surface area contributed by atoms with Gasteiger partial charge in [-0.15, -0.1) is 0 Å². The molecule has 5 nitrogen and oxygen atoms in total. The molecule has 0 bridgehead atoms. The average Bonchev–Trinajstić information content (AvgIpc) is 3.13. The number of piperidine rings is 1. The summed E-state index contributed by atoms with van der Waals surface area (Å²) in [5, 5.41) is 3.04. The maximum atomic E-state index is 12.3. The summed E-state index contributed by atoms with van der Waals surface area (Å²) in [5.41, 5.74) is 3.50. The van der Waals surface area contributed by atoms with Crippen molar-refractivity contribution in [2.24, 2.45) is 5.92 Å². The molecule has 0 unspecified atom stereocenters. The summed E-state index contributed by atoms with van der Waals surface area (Å²) in [6, 6.07) is 7.57. The monoisotopic (exact) mass is 340 g/mol. The van der Waals surface area contributed by atoms with E-state index in [0.717, 1.165) is 24.0 Å². The van der Waals surface area contributed by atoms with Crippen LogP contribution in [0.1, 0.15) is 44.7 Å². The summed E-state index contributed by atoms with van der Waals surface area (Å²) in [6.45, 7) is 6.08. The highest BCUT2D eigenvalue weighted by Crippen LogP contribution is 2.19. The number of aryl methyl sites for hydroxylation is 2. The van der Waals surface area contributed by atoms with E-state index in [1.54, 1.807) is 6.07 Å². The molecule has 2 amide bonds. The molecule has 1 fully saturated rings. The first-order valence-corrected chi connectivity index (χ1v) is 8.71. The van der Waals surface area contributed by atoms with E-state index in [-0.39, 0.29) is 11.8 Å². The van der Waals surface area contributed by atoms with E-state index in [0.29, 0.717) is 36.7 Å². The number of hydrogen-bond acceptors (Lipinski definition) is 3. The molecule has 0 spiro atoms. The third kappa shape index (κ3) is 4.29. The Labute approximate surface area is 148 Å². The molecule has 1 N–H and O–H groups in total. The van der Waals surface area contributed by atoms with Gasteiger partial charge in [-0.05, 0) is 50.8 Å². The van der Waals surface area contributed by atoms with E-state index in [1.165, 1.54) is 12.5 Å². The second-order valence-electron chi connectivity index (χ2n) is 6.83. The Balaban J connectivity index is 1.47. The van der Waals surface area contributed by atoms with Gasteiger partial charge in [-0.1, -0.05) is 17.2 Å². The molecule has 2 aromatic rings. The van der Waals surface area contributed by atoms with Gasteiger partial charge in [-0.25, -0.2) is 0 Å². The van der Waals surface area contributed by atoms with Gasteiger partial charge in [0.25, 0.3) is 11.8 Å². The summed E-state index contributed by atoms with van der Waals surface area (Å²) < 4.78 is 4.98. The molecule has 1 aliphatic rings. The fraction of sp³-hybridized carbons (Fsp3) is 0.400. The Morgan fingerprint density at radius 1 is 1.12 bits per heavy atom. The van der Waals surface area contributed by atoms with E-state index >= 15 is 0 Å². The zero-order valence-electron chi connectivity index (χ0n) is 14.7. The first-order valence-electron chi connectivity index (χ1n) is 8.71. The van der Waals surface area contributed by atoms with Gasteiger partial charge in [0.2, 0.25) is 0 Å². The van der Waals surface area contributed by atoms with Crippen LogP contribution in [0.5, 0.6) is 0 Å². The van der Waals surface area contributed by atoms with Crippen LogP contribution in [-0.4, -0.2) is 36.3 Å². The number of nitrogens with one attached hydrogen (secondary N) is 1. The summed E-state index contributed by atoms with van der Waals surface area (Å²) >= 11 is 0. The maximum absolute atomic E-state index is 12.3. The molecule has 2 heterocycles. The van der Waals surface area contributed by atoms with Crippen LogP contribution in [0.25, 0.3) is 0 Å². The van der Waals surface area contributed by atoms with Crippen molar-refractivity contribution in [3.63, 3.8) is 0 Å². The molecular weight excluding hydrogens is 316 g/mol. The van der Waals surface area contributed by atoms with Crippen molar-refractivity contribution < 1.29 is 14.0 Å². The van der Waals surface area contributed by atoms with Gasteiger partial charge < -0.3 is 14.6 Å². The highest BCUT2D eigenvalue weighted by Gasteiger charge is 2.24. The molecule has 0 atom stereocenters. The van der Waals surface area contributed by atoms with Crippen molar-refractivity contribution >= 4 is 11.8 Å². The Kier molecular flexibility index (Phi) is 5.22. The van der Waals surface area contributed by atoms with E-state index < -0.39 is 0 Å². The lowest BCUT2D eigenvalue weighted by molar-refractivity contribution is 0.0683. The summed E-state index contributed by atoms with van der Waals surface area (Å²) in [6.07, 6.45) is 4.80. The van der Waals surface area contributed by atoms with E-state index in [9.17, 15) is 9.59 Å². The third-order valence-corrected chi connectivity index (χ3v) is 4.71. The van der Waals surface area contributed by atoms with Crippen LogP contribution in [0.3, 0.4) is 0 Å². The standard InChI is InChI=1S/C20H24N2O3/c1-14-9-15(2)11-18(10-14)19(23)21-12-16-3-6-22(7-4-16)20(24)17-5-8-25-13-17/h5,8-11,13,16H,3-4,6-7,12H2,1-2H3,(H,21,23). The van der Waals surface area contributed by atoms with Gasteiger partial charge in [0.05, 0.1) is 11.8 Å². The molecule has 0 radical (unpaired) electrons. The Morgan fingerprint density at radius 3 is 2.40 bits per heavy atom. The van der Waals surface area contributed by atoms with Crippen molar-refractivity contribution in [2.75, 3.05) is 19.6 Å². The van der Waals surface area contributed by atoms with Crippen LogP contribution >= 0.6 is 0 Å². The topological polar surface area (TPSA) is 62.6 Å². The van der Waals surface area contributed by atoms with E-state index in [4.69, 9.17) is 4.42 Å². The second-order valence-corrected chi connectivity index (χ2v) is 6.83. The predicted molar refractivity (Wildman–Crippen MR) is 95.6 cm³/mol. The fourth-order valence-corrected chi connectivity index (χ4v) is 3.35. The number of nitrogens with zero attached hydrogens (tertiary/aromatic N) is 1. The van der Waals surface area contributed by atoms with Crippen molar-refractivity contribution in [1.82, 2.24) is 10.2 Å². The summed E-state index contributed by atoms with van der Waals surface area (Å²) in [7, 11) is 0. The number of furan rings is 1. The van der Waals surface area contributed by atoms with Crippen LogP contribution in [0.4, 0.5) is 0 Å². The number of amides is 2. The van der Waals surface area contributed by atoms with E-state index in [2.05, 4.69) is 11.4 Å². The molecule has 1 saturated heterocycles. The van der Waals surface area contributed by atoms with Gasteiger partial charge >= 0.3 is 0 Å². The zero-order valence-corrected chi connectivity index (χ0v) is 14.7. The molecule has 3 rings (SSSR count). The number of carbonyl (C=O) groups is 2. The van der Waals surface area contributed by atoms with Gasteiger partial charge in [0.15, 0.2) is 0 Å². The molecule has 1 aromatic heterocycles. The number of benzene rings is 1. The highest BCUT2D eigenvalue weighted by molar-refractivity contribution is 5.94. The lowest BCUT2D eigenvalue weighted by Gasteiger charge is -2.31. The minimum absolute atomic E-state index is 0.0199. The lowest BCUT2D eigenvalue weighted by atomic mass is 9.96. The molecule has 0 aliphatic carbocycles. The summed E-state index contributed by atoms with van der Waals surface area (Å²) in [5.74, 6) is 0.401. The Morgan fingerprint density at radius 2 is 1.80 bits per heavy atom. The van der Waals surface area contributed by atoms with Crippen molar-refractivity contribution in [3.8, 4) is 0 Å². The third-order valence-electron chi connectivity index (χ3n) is 4.71. The minimum atomic E-state index is -0.0243. The fourth-order valence-electron chi connectivity index (χ4n) is 3.35. The van der Waals surface area contributed by atoms with Crippen molar-refractivity contribution in [3.05, 3.63) is 59.0 Å². The smallest absolute Gasteiger partial charge is 0.257 e. The highest BCUT2D eigenvalue weighted by atomic mass is 16.3. The van der Waals surface area contributed by atoms with Crippen molar-refractivity contribution in [1.29, 1.82) is 0 Å². The van der Waals surface area contributed by atoms with E-state index in [1.807, 2.05) is 30.9 Å². The van der Waals surface area contributed by atoms with Crippen LogP contribution in [-0.2, 0) is 0 Å².